The second-order valence-corrected chi connectivity index (χ2v) is 4.21. The SMILES string of the molecule is C=CCC(=O)[C@H](CCC)[C@@H](O)c1ccccc1. The average Bonchev–Trinajstić information content (AvgIpc) is 2.36. The van der Waals surface area contributed by atoms with E-state index in [1.54, 1.807) is 6.08 Å². The van der Waals surface area contributed by atoms with E-state index in [0.717, 1.165) is 12.0 Å². The van der Waals surface area contributed by atoms with Crippen molar-refractivity contribution in [2.75, 3.05) is 0 Å². The standard InChI is InChI=1S/C15H20O2/c1-3-8-13(14(16)9-4-2)15(17)12-10-6-5-7-11-12/h4-7,10-11,13,15,17H,2-3,8-9H2,1H3/t13-,15-/m0/s1. The van der Waals surface area contributed by atoms with Crippen molar-refractivity contribution in [2.45, 2.75) is 32.3 Å². The van der Waals surface area contributed by atoms with Crippen LogP contribution in [0.25, 0.3) is 0 Å². The number of aliphatic hydroxyl groups is 1. The summed E-state index contributed by atoms with van der Waals surface area (Å²) in [6.07, 6.45) is 2.82. The van der Waals surface area contributed by atoms with E-state index >= 15 is 0 Å². The molecule has 0 aliphatic rings. The lowest BCUT2D eigenvalue weighted by Crippen LogP contribution is -2.21. The van der Waals surface area contributed by atoms with Gasteiger partial charge in [0.15, 0.2) is 0 Å². The molecule has 0 aromatic heterocycles. The van der Waals surface area contributed by atoms with Gasteiger partial charge in [-0.05, 0) is 12.0 Å². The number of carbonyl (C=O) groups is 1. The summed E-state index contributed by atoms with van der Waals surface area (Å²) in [5, 5.41) is 10.3. The van der Waals surface area contributed by atoms with Crippen molar-refractivity contribution in [3.63, 3.8) is 0 Å². The number of aliphatic hydroxyl groups excluding tert-OH is 1. The van der Waals surface area contributed by atoms with Gasteiger partial charge in [-0.1, -0.05) is 49.8 Å². The number of benzene rings is 1. The van der Waals surface area contributed by atoms with Gasteiger partial charge in [-0.15, -0.1) is 6.58 Å². The fourth-order valence-corrected chi connectivity index (χ4v) is 1.98. The molecule has 2 atom stereocenters. The molecule has 1 aromatic rings. The monoisotopic (exact) mass is 232 g/mol. The van der Waals surface area contributed by atoms with Gasteiger partial charge in [-0.2, -0.15) is 0 Å². The lowest BCUT2D eigenvalue weighted by molar-refractivity contribution is -0.126. The summed E-state index contributed by atoms with van der Waals surface area (Å²) in [4.78, 5) is 11.9. The molecule has 92 valence electrons. The Morgan fingerprint density at radius 2 is 2.06 bits per heavy atom. The highest BCUT2D eigenvalue weighted by atomic mass is 16.3. The molecule has 1 aromatic carbocycles. The van der Waals surface area contributed by atoms with Crippen LogP contribution >= 0.6 is 0 Å². The first-order valence-electron chi connectivity index (χ1n) is 6.07. The van der Waals surface area contributed by atoms with E-state index in [0.29, 0.717) is 12.8 Å². The summed E-state index contributed by atoms with van der Waals surface area (Å²) in [5.41, 5.74) is 0.809. The van der Waals surface area contributed by atoms with Crippen molar-refractivity contribution in [2.24, 2.45) is 5.92 Å². The van der Waals surface area contributed by atoms with E-state index in [1.807, 2.05) is 37.3 Å². The van der Waals surface area contributed by atoms with Crippen LogP contribution in [0.1, 0.15) is 37.9 Å². The highest BCUT2D eigenvalue weighted by Crippen LogP contribution is 2.27. The Morgan fingerprint density at radius 1 is 1.41 bits per heavy atom. The fourth-order valence-electron chi connectivity index (χ4n) is 1.98. The van der Waals surface area contributed by atoms with Crippen LogP contribution in [0.2, 0.25) is 0 Å². The van der Waals surface area contributed by atoms with Crippen LogP contribution in [-0.4, -0.2) is 10.9 Å². The van der Waals surface area contributed by atoms with Gasteiger partial charge in [0.2, 0.25) is 0 Å². The maximum Gasteiger partial charge on any atom is 0.142 e. The van der Waals surface area contributed by atoms with E-state index in [-0.39, 0.29) is 11.7 Å². The molecule has 17 heavy (non-hydrogen) atoms. The van der Waals surface area contributed by atoms with Crippen molar-refractivity contribution in [1.82, 2.24) is 0 Å². The smallest absolute Gasteiger partial charge is 0.142 e. The molecule has 1 N–H and O–H groups in total. The predicted octanol–water partition coefficient (Wildman–Crippen LogP) is 3.28. The third kappa shape index (κ3) is 3.82. The van der Waals surface area contributed by atoms with E-state index in [9.17, 15) is 9.90 Å². The Labute approximate surface area is 103 Å². The topological polar surface area (TPSA) is 37.3 Å². The van der Waals surface area contributed by atoms with E-state index < -0.39 is 6.10 Å². The van der Waals surface area contributed by atoms with Gasteiger partial charge < -0.3 is 5.11 Å². The fraction of sp³-hybridized carbons (Fsp3) is 0.400. The molecule has 0 fully saturated rings. The average molecular weight is 232 g/mol. The lowest BCUT2D eigenvalue weighted by Gasteiger charge is -2.21. The second kappa shape index (κ2) is 7.02. The maximum atomic E-state index is 11.9. The summed E-state index contributed by atoms with van der Waals surface area (Å²) in [6, 6.07) is 9.36. The van der Waals surface area contributed by atoms with Crippen LogP contribution in [0.4, 0.5) is 0 Å². The number of carbonyl (C=O) groups excluding carboxylic acids is 1. The van der Waals surface area contributed by atoms with Crippen molar-refractivity contribution in [3.05, 3.63) is 48.6 Å². The van der Waals surface area contributed by atoms with Crippen LogP contribution < -0.4 is 0 Å². The number of hydrogen-bond donors (Lipinski definition) is 1. The van der Waals surface area contributed by atoms with Gasteiger partial charge in [-0.3, -0.25) is 4.79 Å². The summed E-state index contributed by atoms with van der Waals surface area (Å²) in [7, 11) is 0. The number of allylic oxidation sites excluding steroid dienone is 1. The Morgan fingerprint density at radius 3 is 2.59 bits per heavy atom. The first kappa shape index (κ1) is 13.7. The van der Waals surface area contributed by atoms with Gasteiger partial charge >= 0.3 is 0 Å². The van der Waals surface area contributed by atoms with Gasteiger partial charge in [-0.25, -0.2) is 0 Å². The van der Waals surface area contributed by atoms with Crippen molar-refractivity contribution < 1.29 is 9.90 Å². The molecule has 1 rings (SSSR count). The van der Waals surface area contributed by atoms with E-state index in [1.165, 1.54) is 0 Å². The third-order valence-electron chi connectivity index (χ3n) is 2.88. The molecule has 0 unspecified atom stereocenters. The van der Waals surface area contributed by atoms with Crippen LogP contribution in [-0.2, 0) is 4.79 Å². The lowest BCUT2D eigenvalue weighted by atomic mass is 9.87. The third-order valence-corrected chi connectivity index (χ3v) is 2.88. The summed E-state index contributed by atoms with van der Waals surface area (Å²) < 4.78 is 0. The van der Waals surface area contributed by atoms with Crippen molar-refractivity contribution >= 4 is 5.78 Å². The molecule has 0 radical (unpaired) electrons. The Kier molecular flexibility index (Phi) is 5.64. The zero-order valence-electron chi connectivity index (χ0n) is 10.3. The molecule has 0 saturated heterocycles. The Hall–Kier alpha value is -1.41. The molecule has 0 spiro atoms. The molecule has 0 saturated carbocycles. The van der Waals surface area contributed by atoms with Gasteiger partial charge in [0.1, 0.15) is 5.78 Å². The Balaban J connectivity index is 2.83. The van der Waals surface area contributed by atoms with Gasteiger partial charge in [0, 0.05) is 12.3 Å². The summed E-state index contributed by atoms with van der Waals surface area (Å²) >= 11 is 0. The minimum Gasteiger partial charge on any atom is -0.388 e. The first-order chi connectivity index (χ1) is 8.20. The van der Waals surface area contributed by atoms with Gasteiger partial charge in [0.25, 0.3) is 0 Å². The predicted molar refractivity (Wildman–Crippen MR) is 69.6 cm³/mol. The molecular formula is C15H20O2. The molecule has 0 aliphatic carbocycles. The molecule has 0 aliphatic heterocycles. The summed E-state index contributed by atoms with van der Waals surface area (Å²) in [6.45, 7) is 5.59. The van der Waals surface area contributed by atoms with Crippen LogP contribution in [0, 0.1) is 5.92 Å². The van der Waals surface area contributed by atoms with Crippen LogP contribution in [0.5, 0.6) is 0 Å². The van der Waals surface area contributed by atoms with Crippen molar-refractivity contribution in [1.29, 1.82) is 0 Å². The molecular weight excluding hydrogens is 212 g/mol. The number of hydrogen-bond acceptors (Lipinski definition) is 2. The Bertz CT molecular complexity index is 356. The maximum absolute atomic E-state index is 11.9. The molecule has 0 bridgehead atoms. The zero-order valence-corrected chi connectivity index (χ0v) is 10.3. The molecule has 2 heteroatoms. The normalized spacial score (nSPS) is 14.0. The largest absolute Gasteiger partial charge is 0.388 e. The van der Waals surface area contributed by atoms with E-state index in [2.05, 4.69) is 6.58 Å². The molecule has 0 amide bonds. The van der Waals surface area contributed by atoms with Crippen LogP contribution in [0.3, 0.4) is 0 Å². The minimum absolute atomic E-state index is 0.0678. The highest BCUT2D eigenvalue weighted by Gasteiger charge is 2.25. The molecule has 2 nitrogen and oxygen atoms in total. The van der Waals surface area contributed by atoms with Gasteiger partial charge in [0.05, 0.1) is 6.10 Å². The molecule has 0 heterocycles. The minimum atomic E-state index is -0.705. The van der Waals surface area contributed by atoms with Crippen LogP contribution in [0.15, 0.2) is 43.0 Å². The second-order valence-electron chi connectivity index (χ2n) is 4.21. The zero-order chi connectivity index (χ0) is 12.7. The summed E-state index contributed by atoms with van der Waals surface area (Å²) in [5.74, 6) is -0.251. The quantitative estimate of drug-likeness (QED) is 0.732. The number of rotatable bonds is 7. The number of Topliss-reactive ketones (excluding diaryl/α,β-unsaturated/α-hetero) is 1. The van der Waals surface area contributed by atoms with Crippen molar-refractivity contribution in [3.8, 4) is 0 Å². The number of ketones is 1. The highest BCUT2D eigenvalue weighted by molar-refractivity contribution is 5.83. The first-order valence-corrected chi connectivity index (χ1v) is 6.07. The van der Waals surface area contributed by atoms with E-state index in [4.69, 9.17) is 0 Å².